The first-order valence-electron chi connectivity index (χ1n) is 5.49. The van der Waals surface area contributed by atoms with Crippen molar-refractivity contribution in [2.75, 3.05) is 19.4 Å². The molecule has 3 N–H and O–H groups in total. The van der Waals surface area contributed by atoms with Crippen molar-refractivity contribution in [1.82, 2.24) is 10.0 Å². The van der Waals surface area contributed by atoms with Gasteiger partial charge < -0.3 is 10.4 Å². The first kappa shape index (κ1) is 15.8. The molecule has 6 heteroatoms. The number of hydrogen-bond acceptors (Lipinski definition) is 4. The molecule has 0 saturated carbocycles. The van der Waals surface area contributed by atoms with Crippen molar-refractivity contribution in [3.05, 3.63) is 0 Å². The molecule has 98 valence electrons. The Kier molecular flexibility index (Phi) is 6.47. The molecule has 1 unspecified atom stereocenters. The van der Waals surface area contributed by atoms with Gasteiger partial charge >= 0.3 is 0 Å². The summed E-state index contributed by atoms with van der Waals surface area (Å²) in [6.07, 6.45) is 2.80. The highest BCUT2D eigenvalue weighted by atomic mass is 32.2. The average molecular weight is 252 g/mol. The maximum Gasteiger partial charge on any atom is 0.209 e. The van der Waals surface area contributed by atoms with Gasteiger partial charge in [0.25, 0.3) is 0 Å². The molecular formula is C10H24N2O3S. The van der Waals surface area contributed by atoms with E-state index in [0.717, 1.165) is 19.1 Å². The van der Waals surface area contributed by atoms with Gasteiger partial charge in [-0.05, 0) is 33.6 Å². The zero-order chi connectivity index (χ0) is 12.8. The van der Waals surface area contributed by atoms with E-state index in [0.29, 0.717) is 6.54 Å². The fourth-order valence-corrected chi connectivity index (χ4v) is 2.54. The average Bonchev–Trinajstić information content (AvgIpc) is 2.07. The van der Waals surface area contributed by atoms with Crippen LogP contribution in [0, 0.1) is 0 Å². The Morgan fingerprint density at radius 2 is 1.94 bits per heavy atom. The molecule has 0 saturated heterocycles. The van der Waals surface area contributed by atoms with Gasteiger partial charge in [0, 0.05) is 24.7 Å². The summed E-state index contributed by atoms with van der Waals surface area (Å²) in [5, 5.41) is 11.9. The summed E-state index contributed by atoms with van der Waals surface area (Å²) in [7, 11) is -3.18. The predicted octanol–water partition coefficient (Wildman–Crippen LogP) is 0.0648. The summed E-state index contributed by atoms with van der Waals surface area (Å²) in [5.41, 5.74) is -0.499. The molecule has 0 aliphatic carbocycles. The molecule has 0 bridgehead atoms. The van der Waals surface area contributed by atoms with Gasteiger partial charge in [0.1, 0.15) is 0 Å². The summed E-state index contributed by atoms with van der Waals surface area (Å²) in [6.45, 7) is 6.44. The normalized spacial score (nSPS) is 15.1. The van der Waals surface area contributed by atoms with Gasteiger partial charge in [0.15, 0.2) is 0 Å². The Morgan fingerprint density at radius 3 is 2.38 bits per heavy atom. The molecule has 0 radical (unpaired) electrons. The molecule has 0 aromatic rings. The number of sulfonamides is 1. The van der Waals surface area contributed by atoms with E-state index in [2.05, 4.69) is 10.0 Å². The third-order valence-corrected chi connectivity index (χ3v) is 3.07. The summed E-state index contributed by atoms with van der Waals surface area (Å²) < 4.78 is 24.8. The molecule has 1 atom stereocenters. The van der Waals surface area contributed by atoms with Crippen LogP contribution in [-0.4, -0.2) is 44.5 Å². The summed E-state index contributed by atoms with van der Waals surface area (Å²) in [5.74, 6) is 0. The third-order valence-electron chi connectivity index (χ3n) is 2.15. The maximum absolute atomic E-state index is 11.1. The second-order valence-electron chi connectivity index (χ2n) is 4.91. The van der Waals surface area contributed by atoms with E-state index in [1.807, 2.05) is 20.8 Å². The minimum absolute atomic E-state index is 0.191. The van der Waals surface area contributed by atoms with Crippen molar-refractivity contribution in [2.45, 2.75) is 45.2 Å². The van der Waals surface area contributed by atoms with Crippen LogP contribution in [0.2, 0.25) is 0 Å². The monoisotopic (exact) mass is 252 g/mol. The molecule has 0 spiro atoms. The van der Waals surface area contributed by atoms with E-state index in [1.54, 1.807) is 0 Å². The fraction of sp³-hybridized carbons (Fsp3) is 1.00. The molecule has 0 heterocycles. The molecular weight excluding hydrogens is 228 g/mol. The standard InChI is InChI=1S/C10H24N2O3S/c1-9(6-5-7-13)11-8-10(2,3)12-16(4,14)15/h9,11-13H,5-8H2,1-4H3. The van der Waals surface area contributed by atoms with E-state index in [-0.39, 0.29) is 12.6 Å². The Labute approximate surface area is 98.7 Å². The number of nitrogens with one attached hydrogen (secondary N) is 2. The van der Waals surface area contributed by atoms with Crippen LogP contribution < -0.4 is 10.0 Å². The van der Waals surface area contributed by atoms with Crippen molar-refractivity contribution in [2.24, 2.45) is 0 Å². The zero-order valence-electron chi connectivity index (χ0n) is 10.6. The van der Waals surface area contributed by atoms with Gasteiger partial charge in [-0.25, -0.2) is 13.1 Å². The van der Waals surface area contributed by atoms with Gasteiger partial charge in [-0.2, -0.15) is 0 Å². The van der Waals surface area contributed by atoms with E-state index in [4.69, 9.17) is 5.11 Å². The van der Waals surface area contributed by atoms with Crippen LogP contribution in [0.5, 0.6) is 0 Å². The third kappa shape index (κ3) is 9.08. The van der Waals surface area contributed by atoms with Crippen molar-refractivity contribution >= 4 is 10.0 Å². The summed E-state index contributed by atoms with van der Waals surface area (Å²) >= 11 is 0. The van der Waals surface area contributed by atoms with Crippen molar-refractivity contribution < 1.29 is 13.5 Å². The number of aliphatic hydroxyl groups excluding tert-OH is 1. The Hall–Kier alpha value is -0.170. The largest absolute Gasteiger partial charge is 0.396 e. The van der Waals surface area contributed by atoms with Gasteiger partial charge in [0.2, 0.25) is 10.0 Å². The minimum Gasteiger partial charge on any atom is -0.396 e. The van der Waals surface area contributed by atoms with Crippen LogP contribution in [0.4, 0.5) is 0 Å². The van der Waals surface area contributed by atoms with Crippen LogP contribution in [-0.2, 0) is 10.0 Å². The second kappa shape index (κ2) is 6.54. The molecule has 0 rings (SSSR count). The van der Waals surface area contributed by atoms with Crippen molar-refractivity contribution in [3.63, 3.8) is 0 Å². The topological polar surface area (TPSA) is 78.4 Å². The first-order chi connectivity index (χ1) is 7.16. The molecule has 0 fully saturated rings. The van der Waals surface area contributed by atoms with E-state index in [1.165, 1.54) is 0 Å². The lowest BCUT2D eigenvalue weighted by atomic mass is 10.1. The predicted molar refractivity (Wildman–Crippen MR) is 65.8 cm³/mol. The Morgan fingerprint density at radius 1 is 1.38 bits per heavy atom. The van der Waals surface area contributed by atoms with Crippen molar-refractivity contribution in [1.29, 1.82) is 0 Å². The van der Waals surface area contributed by atoms with Crippen LogP contribution >= 0.6 is 0 Å². The molecule has 0 aliphatic heterocycles. The number of aliphatic hydroxyl groups is 1. The van der Waals surface area contributed by atoms with Gasteiger partial charge in [0.05, 0.1) is 6.26 Å². The van der Waals surface area contributed by atoms with Crippen LogP contribution in [0.3, 0.4) is 0 Å². The number of hydrogen-bond donors (Lipinski definition) is 3. The Bertz CT molecular complexity index is 288. The smallest absolute Gasteiger partial charge is 0.209 e. The van der Waals surface area contributed by atoms with Crippen LogP contribution in [0.25, 0.3) is 0 Å². The second-order valence-corrected chi connectivity index (χ2v) is 6.65. The van der Waals surface area contributed by atoms with Crippen LogP contribution in [0.1, 0.15) is 33.6 Å². The molecule has 16 heavy (non-hydrogen) atoms. The fourth-order valence-electron chi connectivity index (χ4n) is 1.47. The Balaban J connectivity index is 3.98. The van der Waals surface area contributed by atoms with Gasteiger partial charge in [-0.3, -0.25) is 0 Å². The highest BCUT2D eigenvalue weighted by Gasteiger charge is 2.22. The summed E-state index contributed by atoms with van der Waals surface area (Å²) in [6, 6.07) is 0.271. The lowest BCUT2D eigenvalue weighted by Gasteiger charge is -2.27. The van der Waals surface area contributed by atoms with Crippen LogP contribution in [0.15, 0.2) is 0 Å². The molecule has 0 aromatic carbocycles. The SMILES string of the molecule is CC(CCCO)NCC(C)(C)NS(C)(=O)=O. The lowest BCUT2D eigenvalue weighted by Crippen LogP contribution is -2.51. The maximum atomic E-state index is 11.1. The van der Waals surface area contributed by atoms with Crippen molar-refractivity contribution in [3.8, 4) is 0 Å². The van der Waals surface area contributed by atoms with Gasteiger partial charge in [-0.1, -0.05) is 0 Å². The minimum atomic E-state index is -3.18. The van der Waals surface area contributed by atoms with E-state index < -0.39 is 15.6 Å². The van der Waals surface area contributed by atoms with E-state index in [9.17, 15) is 8.42 Å². The molecule has 0 aliphatic rings. The first-order valence-corrected chi connectivity index (χ1v) is 7.38. The highest BCUT2D eigenvalue weighted by Crippen LogP contribution is 2.04. The summed E-state index contributed by atoms with van der Waals surface area (Å²) in [4.78, 5) is 0. The quantitative estimate of drug-likeness (QED) is 0.571. The molecule has 0 aromatic heterocycles. The highest BCUT2D eigenvalue weighted by molar-refractivity contribution is 7.88. The molecule has 0 amide bonds. The van der Waals surface area contributed by atoms with Gasteiger partial charge in [-0.15, -0.1) is 0 Å². The lowest BCUT2D eigenvalue weighted by molar-refractivity contribution is 0.274. The number of rotatable bonds is 8. The van der Waals surface area contributed by atoms with E-state index >= 15 is 0 Å². The zero-order valence-corrected chi connectivity index (χ0v) is 11.4. The molecule has 5 nitrogen and oxygen atoms in total.